The maximum Gasteiger partial charge on any atom is 0.416 e. The summed E-state index contributed by atoms with van der Waals surface area (Å²) in [6.07, 6.45) is -2.02. The molecule has 0 unspecified atom stereocenters. The number of halogens is 4. The van der Waals surface area contributed by atoms with Gasteiger partial charge in [0.25, 0.3) is 0 Å². The number of ether oxygens (including phenoxy) is 2. The average molecular weight is 648 g/mol. The van der Waals surface area contributed by atoms with Crippen molar-refractivity contribution in [3.05, 3.63) is 65.2 Å². The highest BCUT2D eigenvalue weighted by atomic mass is 127. The molecule has 208 valence electrons. The van der Waals surface area contributed by atoms with E-state index in [1.807, 2.05) is 16.9 Å². The van der Waals surface area contributed by atoms with Crippen molar-refractivity contribution >= 4 is 34.5 Å². The molecule has 0 radical (unpaired) electrons. The standard InChI is InChI=1S/C26H29F3N2O5.CH3I/c1-31(13-16-36-21-4-2-3-20(17-21)26(27,28)29)25(11-14-35-15-12-25)23(34)30-24(9-10-24)19-7-5-18(6-8-19)22(32)33;1-2/h2-8,17H,9-16H2,1H3,(H,30,34)(H,32,33);1H3. The third kappa shape index (κ3) is 6.97. The van der Waals surface area contributed by atoms with Gasteiger partial charge in [-0.15, -0.1) is 0 Å². The Balaban J connectivity index is 0.00000195. The first-order chi connectivity index (χ1) is 18.1. The van der Waals surface area contributed by atoms with E-state index >= 15 is 0 Å². The van der Waals surface area contributed by atoms with E-state index in [0.29, 0.717) is 32.6 Å². The first-order valence-electron chi connectivity index (χ1n) is 12.2. The highest BCUT2D eigenvalue weighted by molar-refractivity contribution is 14.1. The van der Waals surface area contributed by atoms with Crippen molar-refractivity contribution in [2.24, 2.45) is 0 Å². The maximum absolute atomic E-state index is 13.7. The van der Waals surface area contributed by atoms with Gasteiger partial charge in [0.1, 0.15) is 17.9 Å². The third-order valence-corrected chi connectivity index (χ3v) is 7.12. The lowest BCUT2D eigenvalue weighted by Crippen LogP contribution is -2.62. The van der Waals surface area contributed by atoms with Crippen LogP contribution in [0.2, 0.25) is 0 Å². The quantitative estimate of drug-likeness (QED) is 0.290. The monoisotopic (exact) mass is 648 g/mol. The second-order valence-electron chi connectivity index (χ2n) is 9.36. The minimum absolute atomic E-state index is 0.107. The van der Waals surface area contributed by atoms with Crippen molar-refractivity contribution in [2.75, 3.05) is 38.3 Å². The zero-order chi connectivity index (χ0) is 28.0. The first-order valence-corrected chi connectivity index (χ1v) is 14.3. The van der Waals surface area contributed by atoms with Crippen LogP contribution in [0.3, 0.4) is 0 Å². The Bertz CT molecular complexity index is 1100. The van der Waals surface area contributed by atoms with Crippen molar-refractivity contribution < 1.29 is 37.3 Å². The number of alkyl halides is 4. The number of carbonyl (C=O) groups is 2. The van der Waals surface area contributed by atoms with Gasteiger partial charge in [-0.3, -0.25) is 9.69 Å². The lowest BCUT2D eigenvalue weighted by Gasteiger charge is -2.43. The molecule has 0 spiro atoms. The van der Waals surface area contributed by atoms with Gasteiger partial charge < -0.3 is 19.9 Å². The molecular weight excluding hydrogens is 616 g/mol. The van der Waals surface area contributed by atoms with Crippen LogP contribution in [0.4, 0.5) is 13.2 Å². The van der Waals surface area contributed by atoms with Crippen LogP contribution in [-0.2, 0) is 21.2 Å². The van der Waals surface area contributed by atoms with Crippen LogP contribution in [0.1, 0.15) is 47.2 Å². The van der Waals surface area contributed by atoms with Gasteiger partial charge >= 0.3 is 12.1 Å². The van der Waals surface area contributed by atoms with E-state index in [9.17, 15) is 22.8 Å². The number of benzene rings is 2. The highest BCUT2D eigenvalue weighted by Crippen LogP contribution is 2.46. The summed E-state index contributed by atoms with van der Waals surface area (Å²) in [6.45, 7) is 1.25. The molecule has 2 aromatic carbocycles. The first kappa shape index (κ1) is 30.2. The van der Waals surface area contributed by atoms with Crippen LogP contribution >= 0.6 is 22.6 Å². The lowest BCUT2D eigenvalue weighted by atomic mass is 9.86. The van der Waals surface area contributed by atoms with Crippen LogP contribution in [0.5, 0.6) is 5.75 Å². The van der Waals surface area contributed by atoms with Crippen LogP contribution in [0.25, 0.3) is 0 Å². The van der Waals surface area contributed by atoms with Gasteiger partial charge in [0.15, 0.2) is 0 Å². The zero-order valence-electron chi connectivity index (χ0n) is 21.3. The summed E-state index contributed by atoms with van der Waals surface area (Å²) in [6, 6.07) is 11.3. The molecule has 38 heavy (non-hydrogen) atoms. The Morgan fingerprint density at radius 2 is 1.71 bits per heavy atom. The minimum Gasteiger partial charge on any atom is -0.492 e. The van der Waals surface area contributed by atoms with Crippen molar-refractivity contribution in [3.8, 4) is 5.75 Å². The number of nitrogens with zero attached hydrogens (tertiary/aromatic N) is 1. The van der Waals surface area contributed by atoms with Crippen molar-refractivity contribution in [2.45, 2.75) is 42.9 Å². The van der Waals surface area contributed by atoms with Crippen molar-refractivity contribution in [3.63, 3.8) is 0 Å². The highest BCUT2D eigenvalue weighted by Gasteiger charge is 2.51. The van der Waals surface area contributed by atoms with E-state index in [1.165, 1.54) is 24.3 Å². The Kier molecular flexibility index (Phi) is 10.0. The molecule has 2 fully saturated rings. The van der Waals surface area contributed by atoms with E-state index in [-0.39, 0.29) is 23.8 Å². The fourth-order valence-corrected chi connectivity index (χ4v) is 4.64. The molecule has 1 heterocycles. The van der Waals surface area contributed by atoms with Crippen LogP contribution in [0.15, 0.2) is 48.5 Å². The third-order valence-electron chi connectivity index (χ3n) is 7.12. The smallest absolute Gasteiger partial charge is 0.416 e. The average Bonchev–Trinajstić information content (AvgIpc) is 3.70. The summed E-state index contributed by atoms with van der Waals surface area (Å²) in [5.74, 6) is -1.04. The number of carboxylic acid groups (broad SMARTS) is 1. The molecule has 0 atom stereocenters. The van der Waals surface area contributed by atoms with Gasteiger partial charge in [0, 0.05) is 19.8 Å². The molecule has 1 aliphatic heterocycles. The largest absolute Gasteiger partial charge is 0.492 e. The van der Waals surface area contributed by atoms with E-state index in [0.717, 1.165) is 30.5 Å². The molecule has 2 aliphatic rings. The molecule has 1 aliphatic carbocycles. The Labute approximate surface area is 233 Å². The fraction of sp³-hybridized carbons (Fsp3) is 0.481. The predicted molar refractivity (Wildman–Crippen MR) is 145 cm³/mol. The van der Waals surface area contributed by atoms with E-state index in [2.05, 4.69) is 27.9 Å². The zero-order valence-corrected chi connectivity index (χ0v) is 23.5. The second kappa shape index (κ2) is 12.6. The van der Waals surface area contributed by atoms with E-state index in [1.54, 1.807) is 12.1 Å². The predicted octanol–water partition coefficient (Wildman–Crippen LogP) is 5.12. The number of carboxylic acids is 1. The van der Waals surface area contributed by atoms with Crippen LogP contribution in [0, 0.1) is 0 Å². The summed E-state index contributed by atoms with van der Waals surface area (Å²) in [4.78, 5) is 28.7. The summed E-state index contributed by atoms with van der Waals surface area (Å²) < 4.78 is 50.0. The van der Waals surface area contributed by atoms with Crippen molar-refractivity contribution in [1.29, 1.82) is 0 Å². The minimum atomic E-state index is -4.45. The van der Waals surface area contributed by atoms with Gasteiger partial charge in [0.05, 0.1) is 16.7 Å². The molecule has 1 saturated carbocycles. The Morgan fingerprint density at radius 1 is 1.08 bits per heavy atom. The Morgan fingerprint density at radius 3 is 2.26 bits per heavy atom. The van der Waals surface area contributed by atoms with E-state index < -0.39 is 28.8 Å². The number of hydrogen-bond acceptors (Lipinski definition) is 5. The van der Waals surface area contributed by atoms with Gasteiger partial charge in [0.2, 0.25) is 5.91 Å². The fourth-order valence-electron chi connectivity index (χ4n) is 4.64. The van der Waals surface area contributed by atoms with Crippen LogP contribution in [-0.4, -0.2) is 65.8 Å². The lowest BCUT2D eigenvalue weighted by molar-refractivity contribution is -0.141. The van der Waals surface area contributed by atoms with Gasteiger partial charge in [-0.25, -0.2) is 4.79 Å². The number of likely N-dealkylation sites (N-methyl/N-ethyl adjacent to an activating group) is 1. The number of carbonyl (C=O) groups excluding carboxylic acids is 1. The molecule has 2 aromatic rings. The molecule has 11 heteroatoms. The number of hydrogen-bond donors (Lipinski definition) is 2. The molecular formula is C27H32F3IN2O5. The van der Waals surface area contributed by atoms with Crippen molar-refractivity contribution in [1.82, 2.24) is 10.2 Å². The summed E-state index contributed by atoms with van der Waals surface area (Å²) in [7, 11) is 1.81. The molecule has 1 amide bonds. The van der Waals surface area contributed by atoms with E-state index in [4.69, 9.17) is 14.6 Å². The summed E-state index contributed by atoms with van der Waals surface area (Å²) in [5.41, 5.74) is -1.12. The van der Waals surface area contributed by atoms with Gasteiger partial charge in [-0.2, -0.15) is 13.2 Å². The van der Waals surface area contributed by atoms with Gasteiger partial charge in [-0.1, -0.05) is 40.8 Å². The van der Waals surface area contributed by atoms with Gasteiger partial charge in [-0.05, 0) is 73.6 Å². The number of amides is 1. The van der Waals surface area contributed by atoms with Crippen LogP contribution < -0.4 is 10.1 Å². The SMILES string of the molecule is CI.CN(CCOc1cccc(C(F)(F)F)c1)C1(C(=O)NC2(c3ccc(C(=O)O)cc3)CC2)CCOCC1. The number of nitrogens with one attached hydrogen (secondary N) is 1. The molecule has 1 saturated heterocycles. The molecule has 4 rings (SSSR count). The molecule has 0 bridgehead atoms. The Hall–Kier alpha value is -2.38. The summed E-state index contributed by atoms with van der Waals surface area (Å²) in [5, 5.41) is 12.4. The molecule has 0 aromatic heterocycles. The summed E-state index contributed by atoms with van der Waals surface area (Å²) >= 11 is 2.15. The number of rotatable bonds is 9. The topological polar surface area (TPSA) is 88.1 Å². The second-order valence-corrected chi connectivity index (χ2v) is 9.36. The normalized spacial score (nSPS) is 17.7. The molecule has 2 N–H and O–H groups in total. The number of aromatic carboxylic acids is 1. The molecule has 7 nitrogen and oxygen atoms in total. The maximum atomic E-state index is 13.7.